The molecule has 0 aliphatic heterocycles. The average molecular weight is 215 g/mol. The molecule has 0 atom stereocenters. The standard InChI is InChI=1S/C9H11BrO/c1-2-3-7-6-8(11)4-5-9(7)10/h4-6,11H,2-3H2,1H3. The highest BCUT2D eigenvalue weighted by molar-refractivity contribution is 9.10. The maximum Gasteiger partial charge on any atom is 0.115 e. The Morgan fingerprint density at radius 1 is 1.45 bits per heavy atom. The fourth-order valence-corrected chi connectivity index (χ4v) is 1.47. The van der Waals surface area contributed by atoms with E-state index < -0.39 is 0 Å². The molecule has 1 N–H and O–H groups in total. The molecule has 1 rings (SSSR count). The van der Waals surface area contributed by atoms with Crippen molar-refractivity contribution in [1.82, 2.24) is 0 Å². The van der Waals surface area contributed by atoms with Crippen LogP contribution in [0.15, 0.2) is 22.7 Å². The Labute approximate surface area is 75.2 Å². The monoisotopic (exact) mass is 214 g/mol. The second-order valence-corrected chi connectivity index (χ2v) is 3.38. The molecule has 2 heteroatoms. The van der Waals surface area contributed by atoms with Crippen molar-refractivity contribution in [2.75, 3.05) is 0 Å². The van der Waals surface area contributed by atoms with E-state index >= 15 is 0 Å². The summed E-state index contributed by atoms with van der Waals surface area (Å²) in [7, 11) is 0. The molecule has 60 valence electrons. The van der Waals surface area contributed by atoms with Crippen molar-refractivity contribution < 1.29 is 5.11 Å². The molecule has 0 aromatic heterocycles. The second kappa shape index (κ2) is 3.77. The summed E-state index contributed by atoms with van der Waals surface area (Å²) in [6.07, 6.45) is 2.11. The molecule has 0 radical (unpaired) electrons. The van der Waals surface area contributed by atoms with Crippen LogP contribution < -0.4 is 0 Å². The minimum atomic E-state index is 0.344. The lowest BCUT2D eigenvalue weighted by Gasteiger charge is -2.02. The predicted molar refractivity (Wildman–Crippen MR) is 49.8 cm³/mol. The minimum Gasteiger partial charge on any atom is -0.508 e. The number of rotatable bonds is 2. The maximum atomic E-state index is 9.14. The van der Waals surface area contributed by atoms with E-state index in [2.05, 4.69) is 22.9 Å². The zero-order chi connectivity index (χ0) is 8.27. The number of phenols is 1. The Morgan fingerprint density at radius 3 is 2.82 bits per heavy atom. The summed E-state index contributed by atoms with van der Waals surface area (Å²) in [6.45, 7) is 2.12. The van der Waals surface area contributed by atoms with Crippen molar-refractivity contribution in [2.24, 2.45) is 0 Å². The summed E-state index contributed by atoms with van der Waals surface area (Å²) in [6, 6.07) is 5.36. The first-order valence-corrected chi connectivity index (χ1v) is 4.50. The number of aryl methyl sites for hydroxylation is 1. The molecule has 0 amide bonds. The normalized spacial score (nSPS) is 10.0. The van der Waals surface area contributed by atoms with Crippen molar-refractivity contribution in [2.45, 2.75) is 19.8 Å². The third-order valence-corrected chi connectivity index (χ3v) is 2.32. The summed E-state index contributed by atoms with van der Waals surface area (Å²) < 4.78 is 1.08. The molecular weight excluding hydrogens is 204 g/mol. The van der Waals surface area contributed by atoms with Gasteiger partial charge >= 0.3 is 0 Å². The first-order valence-electron chi connectivity index (χ1n) is 3.71. The van der Waals surface area contributed by atoms with Crippen LogP contribution in [0.4, 0.5) is 0 Å². The van der Waals surface area contributed by atoms with Crippen molar-refractivity contribution in [3.05, 3.63) is 28.2 Å². The van der Waals surface area contributed by atoms with Gasteiger partial charge in [0, 0.05) is 4.47 Å². The summed E-state index contributed by atoms with van der Waals surface area (Å²) in [5, 5.41) is 9.14. The van der Waals surface area contributed by atoms with Crippen LogP contribution in [0.5, 0.6) is 5.75 Å². The fraction of sp³-hybridized carbons (Fsp3) is 0.333. The van der Waals surface area contributed by atoms with Gasteiger partial charge in [-0.2, -0.15) is 0 Å². The molecule has 0 fully saturated rings. The Kier molecular flexibility index (Phi) is 2.94. The Morgan fingerprint density at radius 2 is 2.18 bits per heavy atom. The first kappa shape index (κ1) is 8.60. The lowest BCUT2D eigenvalue weighted by Crippen LogP contribution is -1.83. The number of hydrogen-bond donors (Lipinski definition) is 1. The number of benzene rings is 1. The average Bonchev–Trinajstić information content (AvgIpc) is 1.98. The number of halogens is 1. The first-order chi connectivity index (χ1) is 5.24. The summed E-state index contributed by atoms with van der Waals surface area (Å²) in [4.78, 5) is 0. The van der Waals surface area contributed by atoms with E-state index in [1.54, 1.807) is 12.1 Å². The highest BCUT2D eigenvalue weighted by Gasteiger charge is 1.98. The van der Waals surface area contributed by atoms with Crippen LogP contribution >= 0.6 is 15.9 Å². The second-order valence-electron chi connectivity index (χ2n) is 2.53. The van der Waals surface area contributed by atoms with Crippen molar-refractivity contribution in [3.63, 3.8) is 0 Å². The fourth-order valence-electron chi connectivity index (χ4n) is 1.02. The molecule has 0 saturated heterocycles. The topological polar surface area (TPSA) is 20.2 Å². The van der Waals surface area contributed by atoms with E-state index in [-0.39, 0.29) is 0 Å². The van der Waals surface area contributed by atoms with Crippen LogP contribution in [0.25, 0.3) is 0 Å². The van der Waals surface area contributed by atoms with E-state index in [0.717, 1.165) is 17.3 Å². The molecule has 1 nitrogen and oxygen atoms in total. The third kappa shape index (κ3) is 2.22. The van der Waals surface area contributed by atoms with Crippen LogP contribution in [0.1, 0.15) is 18.9 Å². The summed E-state index contributed by atoms with van der Waals surface area (Å²) in [5.41, 5.74) is 1.17. The molecule has 0 heterocycles. The molecule has 0 aliphatic carbocycles. The maximum absolute atomic E-state index is 9.14. The highest BCUT2D eigenvalue weighted by atomic mass is 79.9. The molecule has 0 saturated carbocycles. The predicted octanol–water partition coefficient (Wildman–Crippen LogP) is 3.11. The van der Waals surface area contributed by atoms with Gasteiger partial charge < -0.3 is 5.11 Å². The van der Waals surface area contributed by atoms with Gasteiger partial charge in [0.05, 0.1) is 0 Å². The van der Waals surface area contributed by atoms with E-state index in [1.807, 2.05) is 6.07 Å². The molecule has 0 bridgehead atoms. The third-order valence-electron chi connectivity index (χ3n) is 1.55. The van der Waals surface area contributed by atoms with Crippen LogP contribution in [0.2, 0.25) is 0 Å². The number of phenolic OH excluding ortho intramolecular Hbond substituents is 1. The molecule has 0 spiro atoms. The van der Waals surface area contributed by atoms with Crippen molar-refractivity contribution in [1.29, 1.82) is 0 Å². The molecular formula is C9H11BrO. The van der Waals surface area contributed by atoms with Crippen LogP contribution in [0.3, 0.4) is 0 Å². The van der Waals surface area contributed by atoms with Crippen LogP contribution in [-0.2, 0) is 6.42 Å². The minimum absolute atomic E-state index is 0.344. The molecule has 0 unspecified atom stereocenters. The molecule has 1 aromatic rings. The van der Waals surface area contributed by atoms with E-state index in [9.17, 15) is 0 Å². The van der Waals surface area contributed by atoms with Gasteiger partial charge in [0.15, 0.2) is 0 Å². The Bertz CT molecular complexity index is 245. The zero-order valence-electron chi connectivity index (χ0n) is 6.47. The molecule has 11 heavy (non-hydrogen) atoms. The summed E-state index contributed by atoms with van der Waals surface area (Å²) >= 11 is 3.42. The Balaban J connectivity index is 2.93. The van der Waals surface area contributed by atoms with Gasteiger partial charge in [0.2, 0.25) is 0 Å². The van der Waals surface area contributed by atoms with Crippen molar-refractivity contribution in [3.8, 4) is 5.75 Å². The number of aromatic hydroxyl groups is 1. The Hall–Kier alpha value is -0.500. The van der Waals surface area contributed by atoms with Gasteiger partial charge in [-0.15, -0.1) is 0 Å². The van der Waals surface area contributed by atoms with Crippen LogP contribution in [0, 0.1) is 0 Å². The van der Waals surface area contributed by atoms with Gasteiger partial charge in [-0.25, -0.2) is 0 Å². The van der Waals surface area contributed by atoms with Gasteiger partial charge in [-0.05, 0) is 30.2 Å². The lowest BCUT2D eigenvalue weighted by molar-refractivity contribution is 0.474. The lowest BCUT2D eigenvalue weighted by atomic mass is 10.1. The van der Waals surface area contributed by atoms with Gasteiger partial charge in [-0.3, -0.25) is 0 Å². The quantitative estimate of drug-likeness (QED) is 0.803. The van der Waals surface area contributed by atoms with Crippen molar-refractivity contribution >= 4 is 15.9 Å². The SMILES string of the molecule is CCCc1cc(O)ccc1Br. The highest BCUT2D eigenvalue weighted by Crippen LogP contribution is 2.22. The van der Waals surface area contributed by atoms with E-state index in [1.165, 1.54) is 5.56 Å². The largest absolute Gasteiger partial charge is 0.508 e. The van der Waals surface area contributed by atoms with E-state index in [0.29, 0.717) is 5.75 Å². The van der Waals surface area contributed by atoms with E-state index in [4.69, 9.17) is 5.11 Å². The van der Waals surface area contributed by atoms with Gasteiger partial charge in [-0.1, -0.05) is 29.3 Å². The molecule has 1 aromatic carbocycles. The zero-order valence-corrected chi connectivity index (χ0v) is 8.06. The van der Waals surface area contributed by atoms with Crippen LogP contribution in [-0.4, -0.2) is 5.11 Å². The number of hydrogen-bond acceptors (Lipinski definition) is 1. The summed E-state index contributed by atoms with van der Waals surface area (Å²) in [5.74, 6) is 0.344. The molecule has 0 aliphatic rings. The van der Waals surface area contributed by atoms with Gasteiger partial charge in [0.25, 0.3) is 0 Å². The smallest absolute Gasteiger partial charge is 0.115 e. The van der Waals surface area contributed by atoms with Gasteiger partial charge in [0.1, 0.15) is 5.75 Å².